The van der Waals surface area contributed by atoms with Crippen molar-refractivity contribution in [2.24, 2.45) is 5.41 Å². The van der Waals surface area contributed by atoms with Gasteiger partial charge in [0.15, 0.2) is 0 Å². The van der Waals surface area contributed by atoms with Crippen LogP contribution in [0.4, 0.5) is 4.39 Å². The fourth-order valence-electron chi connectivity index (χ4n) is 3.82. The lowest BCUT2D eigenvalue weighted by atomic mass is 9.89. The molecule has 1 aromatic carbocycles. The number of fused-ring (bicyclic) bond motifs is 1. The first-order valence-electron chi connectivity index (χ1n) is 9.97. The number of allylic oxidation sites excluding steroid dienone is 2. The molecule has 1 aromatic heterocycles. The molecule has 1 aliphatic rings. The van der Waals surface area contributed by atoms with Crippen LogP contribution in [0.3, 0.4) is 0 Å². The molecule has 1 aliphatic heterocycles. The molecule has 28 heavy (non-hydrogen) atoms. The first kappa shape index (κ1) is 20.3. The van der Waals surface area contributed by atoms with Gasteiger partial charge in [0, 0.05) is 12.2 Å². The molecule has 0 unspecified atom stereocenters. The molecule has 3 heteroatoms. The molecular formula is C25H31FN2. The van der Waals surface area contributed by atoms with Crippen molar-refractivity contribution in [1.82, 2.24) is 9.88 Å². The Morgan fingerprint density at radius 2 is 1.86 bits per heavy atom. The molecule has 2 aromatic rings. The van der Waals surface area contributed by atoms with Crippen LogP contribution in [0, 0.1) is 11.2 Å². The zero-order valence-corrected chi connectivity index (χ0v) is 17.6. The van der Waals surface area contributed by atoms with Crippen LogP contribution >= 0.6 is 0 Å². The number of rotatable bonds is 5. The summed E-state index contributed by atoms with van der Waals surface area (Å²) in [6.07, 6.45) is 2.72. The largest absolute Gasteiger partial charge is 0.369 e. The molecule has 0 saturated carbocycles. The summed E-state index contributed by atoms with van der Waals surface area (Å²) in [5, 5.41) is 0. The summed E-state index contributed by atoms with van der Waals surface area (Å²) in [6, 6.07) is 8.94. The van der Waals surface area contributed by atoms with E-state index in [0.717, 1.165) is 54.9 Å². The number of aromatic nitrogens is 1. The lowest BCUT2D eigenvalue weighted by Gasteiger charge is -2.35. The summed E-state index contributed by atoms with van der Waals surface area (Å²) >= 11 is 0. The maximum atomic E-state index is 13.3. The molecule has 0 radical (unpaired) electrons. The zero-order valence-electron chi connectivity index (χ0n) is 17.6. The van der Waals surface area contributed by atoms with Gasteiger partial charge in [0.25, 0.3) is 0 Å². The maximum absolute atomic E-state index is 13.3. The third kappa shape index (κ3) is 4.89. The Morgan fingerprint density at radius 3 is 2.46 bits per heavy atom. The SMILES string of the molecule is C=C(C)c1cc(Cc2ccc(F)cc2)c2c(n1)CN(C(=C)CC(C)(C)C)CC2. The molecule has 0 fully saturated rings. The Kier molecular flexibility index (Phi) is 5.74. The maximum Gasteiger partial charge on any atom is 0.123 e. The monoisotopic (exact) mass is 378 g/mol. The van der Waals surface area contributed by atoms with E-state index in [0.29, 0.717) is 0 Å². The van der Waals surface area contributed by atoms with Gasteiger partial charge in [-0.3, -0.25) is 4.98 Å². The fourth-order valence-corrected chi connectivity index (χ4v) is 3.82. The van der Waals surface area contributed by atoms with Gasteiger partial charge in [-0.05, 0) is 72.1 Å². The quantitative estimate of drug-likeness (QED) is 0.620. The average Bonchev–Trinajstić information content (AvgIpc) is 2.61. The first-order valence-corrected chi connectivity index (χ1v) is 9.97. The van der Waals surface area contributed by atoms with Crippen LogP contribution < -0.4 is 0 Å². The highest BCUT2D eigenvalue weighted by Gasteiger charge is 2.24. The van der Waals surface area contributed by atoms with Gasteiger partial charge in [-0.2, -0.15) is 0 Å². The van der Waals surface area contributed by atoms with Gasteiger partial charge < -0.3 is 4.90 Å². The third-order valence-electron chi connectivity index (χ3n) is 5.20. The lowest BCUT2D eigenvalue weighted by molar-refractivity contribution is 0.271. The molecule has 0 bridgehead atoms. The van der Waals surface area contributed by atoms with Gasteiger partial charge in [-0.1, -0.05) is 46.1 Å². The molecule has 2 nitrogen and oxygen atoms in total. The van der Waals surface area contributed by atoms with Crippen LogP contribution in [0.15, 0.2) is 49.2 Å². The number of halogens is 1. The van der Waals surface area contributed by atoms with E-state index in [2.05, 4.69) is 44.9 Å². The summed E-state index contributed by atoms with van der Waals surface area (Å²) in [5.41, 5.74) is 8.15. The molecule has 0 amide bonds. The third-order valence-corrected chi connectivity index (χ3v) is 5.20. The van der Waals surface area contributed by atoms with Crippen molar-refractivity contribution >= 4 is 5.57 Å². The van der Waals surface area contributed by atoms with Crippen LogP contribution in [-0.4, -0.2) is 16.4 Å². The van der Waals surface area contributed by atoms with Crippen molar-refractivity contribution in [3.63, 3.8) is 0 Å². The van der Waals surface area contributed by atoms with Gasteiger partial charge in [0.2, 0.25) is 0 Å². The second kappa shape index (κ2) is 7.90. The van der Waals surface area contributed by atoms with E-state index in [-0.39, 0.29) is 11.2 Å². The van der Waals surface area contributed by atoms with E-state index < -0.39 is 0 Å². The minimum Gasteiger partial charge on any atom is -0.369 e. The average molecular weight is 379 g/mol. The summed E-state index contributed by atoms with van der Waals surface area (Å²) in [5.74, 6) is -0.198. The highest BCUT2D eigenvalue weighted by molar-refractivity contribution is 5.60. The van der Waals surface area contributed by atoms with Gasteiger partial charge in [0.1, 0.15) is 5.82 Å². The molecule has 0 aliphatic carbocycles. The molecule has 0 saturated heterocycles. The first-order chi connectivity index (χ1) is 13.1. The smallest absolute Gasteiger partial charge is 0.123 e. The van der Waals surface area contributed by atoms with E-state index in [9.17, 15) is 4.39 Å². The van der Waals surface area contributed by atoms with Crippen LogP contribution in [0.5, 0.6) is 0 Å². The van der Waals surface area contributed by atoms with Crippen LogP contribution in [0.2, 0.25) is 0 Å². The van der Waals surface area contributed by atoms with Crippen molar-refractivity contribution < 1.29 is 4.39 Å². The van der Waals surface area contributed by atoms with E-state index in [1.54, 1.807) is 0 Å². The Bertz CT molecular complexity index is 888. The lowest BCUT2D eigenvalue weighted by Crippen LogP contribution is -2.32. The number of hydrogen-bond donors (Lipinski definition) is 0. The molecular weight excluding hydrogens is 347 g/mol. The highest BCUT2D eigenvalue weighted by Crippen LogP contribution is 2.31. The van der Waals surface area contributed by atoms with Crippen molar-refractivity contribution in [3.05, 3.63) is 83.1 Å². The minimum atomic E-state index is -0.198. The normalized spacial score (nSPS) is 14.0. The molecule has 0 atom stereocenters. The molecule has 2 heterocycles. The zero-order chi connectivity index (χ0) is 20.5. The summed E-state index contributed by atoms with van der Waals surface area (Å²) in [6.45, 7) is 18.9. The van der Waals surface area contributed by atoms with Gasteiger partial charge in [-0.15, -0.1) is 0 Å². The van der Waals surface area contributed by atoms with E-state index in [1.165, 1.54) is 29.0 Å². The van der Waals surface area contributed by atoms with Crippen LogP contribution in [0.25, 0.3) is 5.57 Å². The van der Waals surface area contributed by atoms with Crippen LogP contribution in [-0.2, 0) is 19.4 Å². The van der Waals surface area contributed by atoms with Crippen LogP contribution in [0.1, 0.15) is 62.2 Å². The molecule has 3 rings (SSSR count). The summed E-state index contributed by atoms with van der Waals surface area (Å²) in [7, 11) is 0. The second-order valence-electron chi connectivity index (χ2n) is 9.15. The van der Waals surface area contributed by atoms with Crippen molar-refractivity contribution in [1.29, 1.82) is 0 Å². The Hall–Kier alpha value is -2.42. The Balaban J connectivity index is 1.91. The highest BCUT2D eigenvalue weighted by atomic mass is 19.1. The van der Waals surface area contributed by atoms with Crippen molar-refractivity contribution in [2.45, 2.75) is 53.5 Å². The number of pyridine rings is 1. The predicted molar refractivity (Wildman–Crippen MR) is 115 cm³/mol. The Labute approximate surface area is 168 Å². The number of benzene rings is 1. The fraction of sp³-hybridized carbons (Fsp3) is 0.400. The second-order valence-corrected chi connectivity index (χ2v) is 9.15. The molecule has 0 N–H and O–H groups in total. The topological polar surface area (TPSA) is 16.1 Å². The molecule has 0 spiro atoms. The number of hydrogen-bond acceptors (Lipinski definition) is 2. The Morgan fingerprint density at radius 1 is 1.18 bits per heavy atom. The van der Waals surface area contributed by atoms with E-state index >= 15 is 0 Å². The van der Waals surface area contributed by atoms with Gasteiger partial charge in [-0.25, -0.2) is 4.39 Å². The standard InChI is InChI=1S/C25H31FN2/c1-17(2)23-14-20(13-19-7-9-21(26)10-8-19)22-11-12-28(16-24(22)27-23)18(3)15-25(4,5)6/h7-10,14H,1,3,11-13,15-16H2,2,4-6H3. The van der Waals surface area contributed by atoms with Crippen molar-refractivity contribution in [3.8, 4) is 0 Å². The van der Waals surface area contributed by atoms with E-state index in [1.807, 2.05) is 19.1 Å². The summed E-state index contributed by atoms with van der Waals surface area (Å²) in [4.78, 5) is 7.28. The molecule has 148 valence electrons. The predicted octanol–water partition coefficient (Wildman–Crippen LogP) is 6.15. The number of nitrogens with zero attached hydrogens (tertiary/aromatic N) is 2. The van der Waals surface area contributed by atoms with Gasteiger partial charge in [0.05, 0.1) is 17.9 Å². The summed E-state index contributed by atoms with van der Waals surface area (Å²) < 4.78 is 13.3. The van der Waals surface area contributed by atoms with E-state index in [4.69, 9.17) is 4.98 Å². The minimum absolute atomic E-state index is 0.198. The van der Waals surface area contributed by atoms with Crippen molar-refractivity contribution in [2.75, 3.05) is 6.54 Å². The van der Waals surface area contributed by atoms with Gasteiger partial charge >= 0.3 is 0 Å².